The maximum atomic E-state index is 13.2. The van der Waals surface area contributed by atoms with Crippen molar-refractivity contribution in [2.24, 2.45) is 5.18 Å². The summed E-state index contributed by atoms with van der Waals surface area (Å²) in [5.74, 6) is -0.778. The van der Waals surface area contributed by atoms with E-state index >= 15 is 0 Å². The lowest BCUT2D eigenvalue weighted by Gasteiger charge is -2.18. The number of hydrogen-bond donors (Lipinski definition) is 1. The van der Waals surface area contributed by atoms with Crippen molar-refractivity contribution in [1.82, 2.24) is 10.3 Å². The molecule has 6 nitrogen and oxygen atoms in total. The van der Waals surface area contributed by atoms with Crippen LogP contribution in [-0.4, -0.2) is 23.5 Å². The van der Waals surface area contributed by atoms with Gasteiger partial charge in [0.1, 0.15) is 5.82 Å². The summed E-state index contributed by atoms with van der Waals surface area (Å²) < 4.78 is 18.9. The van der Waals surface area contributed by atoms with E-state index < -0.39 is 11.9 Å². The fourth-order valence-electron chi connectivity index (χ4n) is 2.79. The molecule has 1 amide bonds. The molecule has 7 heteroatoms. The van der Waals surface area contributed by atoms with Crippen molar-refractivity contribution in [2.75, 3.05) is 6.54 Å². The summed E-state index contributed by atoms with van der Waals surface area (Å²) in [4.78, 5) is 27.3. The molecule has 1 N–H and O–H groups in total. The number of aromatic nitrogens is 1. The molecule has 0 bridgehead atoms. The number of halogens is 1. The number of benzene rings is 1. The molecule has 0 saturated carbocycles. The van der Waals surface area contributed by atoms with Gasteiger partial charge in [0.05, 0.1) is 18.4 Å². The first-order valence-electron chi connectivity index (χ1n) is 8.90. The highest BCUT2D eigenvalue weighted by atomic mass is 19.1. The predicted octanol–water partition coefficient (Wildman–Crippen LogP) is 3.62. The molecular weight excluding hydrogens is 361 g/mol. The van der Waals surface area contributed by atoms with E-state index in [4.69, 9.17) is 4.74 Å². The van der Waals surface area contributed by atoms with Crippen molar-refractivity contribution in [1.29, 1.82) is 0 Å². The van der Waals surface area contributed by atoms with Crippen LogP contribution in [-0.2, 0) is 16.1 Å². The van der Waals surface area contributed by atoms with Crippen LogP contribution in [0, 0.1) is 10.7 Å². The Morgan fingerprint density at radius 3 is 2.89 bits per heavy atom. The van der Waals surface area contributed by atoms with Gasteiger partial charge in [-0.05, 0) is 47.0 Å². The number of nitroso groups, excluding NO2 is 1. The van der Waals surface area contributed by atoms with Gasteiger partial charge in [0.25, 0.3) is 5.91 Å². The number of amides is 1. The number of pyridine rings is 1. The zero-order valence-corrected chi connectivity index (χ0v) is 15.1. The third kappa shape index (κ3) is 5.40. The minimum absolute atomic E-state index is 0.111. The van der Waals surface area contributed by atoms with E-state index in [0.717, 1.165) is 11.1 Å². The maximum absolute atomic E-state index is 13.2. The summed E-state index contributed by atoms with van der Waals surface area (Å²) >= 11 is 0. The van der Waals surface area contributed by atoms with Gasteiger partial charge in [0, 0.05) is 12.7 Å². The first-order valence-corrected chi connectivity index (χ1v) is 8.90. The van der Waals surface area contributed by atoms with Gasteiger partial charge < -0.3 is 10.1 Å². The van der Waals surface area contributed by atoms with E-state index in [-0.39, 0.29) is 18.5 Å². The van der Waals surface area contributed by atoms with Crippen LogP contribution >= 0.6 is 0 Å². The first-order chi connectivity index (χ1) is 13.7. The summed E-state index contributed by atoms with van der Waals surface area (Å²) in [6, 6.07) is 10.1. The summed E-state index contributed by atoms with van der Waals surface area (Å²) in [7, 11) is 0. The van der Waals surface area contributed by atoms with E-state index in [9.17, 15) is 14.1 Å². The second kappa shape index (κ2) is 9.66. The zero-order chi connectivity index (χ0) is 19.8. The van der Waals surface area contributed by atoms with Gasteiger partial charge in [0.15, 0.2) is 0 Å². The van der Waals surface area contributed by atoms with Crippen LogP contribution in [0.25, 0.3) is 0 Å². The largest absolute Gasteiger partial charge is 0.369 e. The highest BCUT2D eigenvalue weighted by Gasteiger charge is 2.22. The van der Waals surface area contributed by atoms with Crippen molar-refractivity contribution >= 4 is 5.91 Å². The Labute approximate surface area is 162 Å². The predicted molar refractivity (Wildman–Crippen MR) is 103 cm³/mol. The van der Waals surface area contributed by atoms with Gasteiger partial charge >= 0.3 is 0 Å². The molecule has 0 radical (unpaired) electrons. The molecule has 1 heterocycles. The molecule has 3 rings (SSSR count). The topological polar surface area (TPSA) is 80.7 Å². The molecule has 2 unspecified atom stereocenters. The number of carbonyl (C=O) groups is 1. The quantitative estimate of drug-likeness (QED) is 0.708. The second-order valence-electron chi connectivity index (χ2n) is 6.33. The number of nitrogens with one attached hydrogen (secondary N) is 1. The van der Waals surface area contributed by atoms with Gasteiger partial charge in [-0.3, -0.25) is 9.78 Å². The third-order valence-corrected chi connectivity index (χ3v) is 4.28. The third-order valence-electron chi connectivity index (χ3n) is 4.28. The van der Waals surface area contributed by atoms with Gasteiger partial charge in [-0.15, -0.1) is 4.91 Å². The van der Waals surface area contributed by atoms with Gasteiger partial charge in [-0.2, -0.15) is 0 Å². The average Bonchev–Trinajstić information content (AvgIpc) is 2.73. The molecule has 1 aromatic heterocycles. The minimum atomic E-state index is -1.17. The molecule has 0 spiro atoms. The van der Waals surface area contributed by atoms with E-state index in [1.165, 1.54) is 18.3 Å². The van der Waals surface area contributed by atoms with E-state index in [2.05, 4.69) is 15.5 Å². The SMILES string of the molecule is O=NC(C(=O)NCC1=CCC(OCc2cccc(F)c2)C=C1)c1ccccn1. The molecule has 28 heavy (non-hydrogen) atoms. The fourth-order valence-corrected chi connectivity index (χ4v) is 2.79. The molecule has 2 atom stereocenters. The van der Waals surface area contributed by atoms with Crippen molar-refractivity contribution < 1.29 is 13.9 Å². The molecule has 2 aromatic rings. The Hall–Kier alpha value is -3.19. The van der Waals surface area contributed by atoms with Crippen LogP contribution in [0.5, 0.6) is 0 Å². The van der Waals surface area contributed by atoms with E-state index in [0.29, 0.717) is 18.7 Å². The summed E-state index contributed by atoms with van der Waals surface area (Å²) in [6.45, 7) is 0.605. The first kappa shape index (κ1) is 19.6. The lowest BCUT2D eigenvalue weighted by molar-refractivity contribution is -0.122. The number of hydrogen-bond acceptors (Lipinski definition) is 5. The highest BCUT2D eigenvalue weighted by molar-refractivity contribution is 5.83. The maximum Gasteiger partial charge on any atom is 0.255 e. The lowest BCUT2D eigenvalue weighted by atomic mass is 10.0. The zero-order valence-electron chi connectivity index (χ0n) is 15.1. The van der Waals surface area contributed by atoms with Crippen LogP contribution in [0.3, 0.4) is 0 Å². The number of rotatable bonds is 8. The van der Waals surface area contributed by atoms with Crippen molar-refractivity contribution in [3.8, 4) is 0 Å². The highest BCUT2D eigenvalue weighted by Crippen LogP contribution is 2.17. The smallest absolute Gasteiger partial charge is 0.255 e. The molecule has 0 saturated heterocycles. The second-order valence-corrected chi connectivity index (χ2v) is 6.33. The minimum Gasteiger partial charge on any atom is -0.369 e. The number of ether oxygens (including phenoxy) is 1. The standard InChI is InChI=1S/C21H20FN3O3/c22-17-5-3-4-16(12-17)14-28-18-9-7-15(8-10-18)13-24-21(26)20(25-27)19-6-1-2-11-23-19/h1-9,11-12,18,20H,10,13-14H2,(H,24,26). The Morgan fingerprint density at radius 2 is 2.21 bits per heavy atom. The van der Waals surface area contributed by atoms with Crippen LogP contribution in [0.2, 0.25) is 0 Å². The molecule has 0 aliphatic heterocycles. The molecule has 1 aromatic carbocycles. The Morgan fingerprint density at radius 1 is 1.32 bits per heavy atom. The number of nitrogens with zero attached hydrogens (tertiary/aromatic N) is 2. The van der Waals surface area contributed by atoms with Crippen LogP contribution < -0.4 is 5.32 Å². The van der Waals surface area contributed by atoms with Gasteiger partial charge in [-0.1, -0.05) is 36.4 Å². The van der Waals surface area contributed by atoms with Crippen molar-refractivity contribution in [3.05, 3.63) is 94.4 Å². The van der Waals surface area contributed by atoms with Crippen LogP contribution in [0.15, 0.2) is 77.6 Å². The average molecular weight is 381 g/mol. The summed E-state index contributed by atoms with van der Waals surface area (Å²) in [5.41, 5.74) is 2.00. The Bertz CT molecular complexity index is 883. The monoisotopic (exact) mass is 381 g/mol. The Kier molecular flexibility index (Phi) is 6.75. The van der Waals surface area contributed by atoms with E-state index in [1.54, 1.807) is 24.3 Å². The number of carbonyl (C=O) groups excluding carboxylic acids is 1. The van der Waals surface area contributed by atoms with Gasteiger partial charge in [0.2, 0.25) is 6.04 Å². The van der Waals surface area contributed by atoms with E-state index in [1.807, 2.05) is 24.3 Å². The lowest BCUT2D eigenvalue weighted by Crippen LogP contribution is -2.30. The summed E-state index contributed by atoms with van der Waals surface area (Å²) in [6.07, 6.45) is 7.77. The molecule has 144 valence electrons. The molecule has 0 fully saturated rings. The Balaban J connectivity index is 1.46. The van der Waals surface area contributed by atoms with Crippen molar-refractivity contribution in [2.45, 2.75) is 25.2 Å². The fraction of sp³-hybridized carbons (Fsp3) is 0.238. The van der Waals surface area contributed by atoms with Crippen LogP contribution in [0.4, 0.5) is 4.39 Å². The molecule has 1 aliphatic rings. The summed E-state index contributed by atoms with van der Waals surface area (Å²) in [5, 5.41) is 5.59. The normalized spacial score (nSPS) is 16.9. The van der Waals surface area contributed by atoms with Crippen molar-refractivity contribution in [3.63, 3.8) is 0 Å². The molecular formula is C21H20FN3O3. The van der Waals surface area contributed by atoms with Crippen LogP contribution in [0.1, 0.15) is 23.7 Å². The van der Waals surface area contributed by atoms with Gasteiger partial charge in [-0.25, -0.2) is 4.39 Å². The molecule has 1 aliphatic carbocycles.